The minimum Gasteiger partial charge on any atom is -0.455 e. The van der Waals surface area contributed by atoms with Crippen LogP contribution in [0.3, 0.4) is 0 Å². The van der Waals surface area contributed by atoms with Gasteiger partial charge in [0.05, 0.1) is 36.1 Å². The Kier molecular flexibility index (Phi) is 4.24. The van der Waals surface area contributed by atoms with Gasteiger partial charge in [0.15, 0.2) is 0 Å². The number of furan rings is 1. The van der Waals surface area contributed by atoms with Gasteiger partial charge in [-0.15, -0.1) is 0 Å². The summed E-state index contributed by atoms with van der Waals surface area (Å²) < 4.78 is 169. The van der Waals surface area contributed by atoms with Gasteiger partial charge < -0.3 is 4.42 Å². The Bertz CT molecular complexity index is 3780. The number of pyridine rings is 2. The summed E-state index contributed by atoms with van der Waals surface area (Å²) >= 11 is 0. The summed E-state index contributed by atoms with van der Waals surface area (Å²) in [5, 5.41) is -1.80. The van der Waals surface area contributed by atoms with Gasteiger partial charge in [-0.3, -0.25) is 9.97 Å². The zero-order valence-electron chi connectivity index (χ0n) is 45.4. The third-order valence-electron chi connectivity index (χ3n) is 8.98. The molecule has 0 aliphatic heterocycles. The third kappa shape index (κ3) is 5.38. The summed E-state index contributed by atoms with van der Waals surface area (Å²) in [5.41, 5.74) is 1.59. The summed E-state index contributed by atoms with van der Waals surface area (Å²) in [6.45, 7) is 0. The molecule has 3 nitrogen and oxygen atoms in total. The van der Waals surface area contributed by atoms with Crippen LogP contribution in [0, 0.1) is 0 Å². The summed E-state index contributed by atoms with van der Waals surface area (Å²) in [4.78, 5) is 9.15. The van der Waals surface area contributed by atoms with Crippen LogP contribution in [-0.4, -0.2) is 9.97 Å². The molecule has 7 aromatic carbocycles. The lowest BCUT2D eigenvalue weighted by Gasteiger charge is -2.18. The van der Waals surface area contributed by atoms with E-state index in [0.717, 1.165) is 0 Å². The molecule has 10 aromatic rings. The zero-order valence-corrected chi connectivity index (χ0v) is 27.4. The normalized spacial score (nSPS) is 16.2. The molecule has 248 valence electrons. The van der Waals surface area contributed by atoms with E-state index in [1.807, 2.05) is 42.5 Å². The van der Waals surface area contributed by atoms with Crippen LogP contribution in [0.2, 0.25) is 0 Å². The standard InChI is InChI=1S/C50H32N2O/c1-3-15-33(16-4-1)47-39-19-7-9-21-41(39)48(42-22-10-8-20-40(42)47)49-43-32-35(25-26-46(43)53-50(49)34-17-5-2-6-18-34)36-29-37(44-23-11-13-27-51-44)31-38(30-36)45-24-12-14-28-52-45/h1-32H/i1D,2D,3D,4D,5D,6D,7D,8D,9D,10D,15D,16D,17D,18D,19D,20D,21D,22D. The number of benzene rings is 7. The number of hydrogen-bond donors (Lipinski definition) is 0. The lowest BCUT2D eigenvalue weighted by atomic mass is 9.84. The lowest BCUT2D eigenvalue weighted by Crippen LogP contribution is -1.92. The summed E-state index contributed by atoms with van der Waals surface area (Å²) in [5.74, 6) is -0.427. The Morgan fingerprint density at radius 1 is 0.377 bits per heavy atom. The Labute approximate surface area is 332 Å². The highest BCUT2D eigenvalue weighted by molar-refractivity contribution is 6.25. The Morgan fingerprint density at radius 2 is 0.887 bits per heavy atom. The van der Waals surface area contributed by atoms with Crippen LogP contribution >= 0.6 is 0 Å². The van der Waals surface area contributed by atoms with E-state index in [0.29, 0.717) is 33.6 Å². The first-order valence-corrected chi connectivity index (χ1v) is 16.4. The number of hydrogen-bond acceptors (Lipinski definition) is 3. The van der Waals surface area contributed by atoms with Gasteiger partial charge in [0.1, 0.15) is 11.3 Å². The molecule has 0 aliphatic carbocycles. The smallest absolute Gasteiger partial charge is 0.143 e. The average molecular weight is 695 g/mol. The molecule has 0 N–H and O–H groups in total. The monoisotopic (exact) mass is 694 g/mol. The van der Waals surface area contributed by atoms with Crippen molar-refractivity contribution in [2.45, 2.75) is 0 Å². The number of nitrogens with zero attached hydrogens (tertiary/aromatic N) is 2. The predicted octanol–water partition coefficient (Wildman–Crippen LogP) is 13.5. The van der Waals surface area contributed by atoms with Gasteiger partial charge in [-0.2, -0.15) is 0 Å². The van der Waals surface area contributed by atoms with Crippen molar-refractivity contribution in [3.8, 4) is 67.2 Å². The Morgan fingerprint density at radius 3 is 1.43 bits per heavy atom. The van der Waals surface area contributed by atoms with Crippen LogP contribution in [0.5, 0.6) is 0 Å². The van der Waals surface area contributed by atoms with Gasteiger partial charge in [-0.05, 0) is 98.4 Å². The number of rotatable bonds is 6. The highest BCUT2D eigenvalue weighted by Crippen LogP contribution is 2.50. The van der Waals surface area contributed by atoms with Gasteiger partial charge in [-0.25, -0.2) is 0 Å². The van der Waals surface area contributed by atoms with Gasteiger partial charge in [0.2, 0.25) is 0 Å². The van der Waals surface area contributed by atoms with Crippen LogP contribution in [-0.2, 0) is 0 Å². The SMILES string of the molecule is [2H]c1c([2H])c([2H])c(-c2oc3ccc(-c4cc(-c5ccccn5)cc(-c5ccccn5)c4)cc3c2-c2c3c([2H])c([2H])c([2H])c([2H])c3c(-c3c([2H])c([2H])c([2H])c([2H])c3[2H])c3c([2H])c([2H])c([2H])c([2H])c23)c([2H])c1[2H]. The number of aromatic nitrogens is 2. The molecule has 3 aromatic heterocycles. The molecule has 53 heavy (non-hydrogen) atoms. The van der Waals surface area contributed by atoms with Crippen molar-refractivity contribution in [2.24, 2.45) is 0 Å². The van der Waals surface area contributed by atoms with Crippen LogP contribution < -0.4 is 0 Å². The number of fused-ring (bicyclic) bond motifs is 3. The van der Waals surface area contributed by atoms with E-state index in [1.165, 1.54) is 0 Å². The topological polar surface area (TPSA) is 38.9 Å². The predicted molar refractivity (Wildman–Crippen MR) is 219 cm³/mol. The third-order valence-corrected chi connectivity index (χ3v) is 8.98. The lowest BCUT2D eigenvalue weighted by molar-refractivity contribution is 0.632. The first-order chi connectivity index (χ1) is 33.8. The van der Waals surface area contributed by atoms with E-state index >= 15 is 0 Å². The first kappa shape index (κ1) is 17.4. The van der Waals surface area contributed by atoms with Crippen LogP contribution in [0.25, 0.3) is 99.7 Å². The van der Waals surface area contributed by atoms with Crippen molar-refractivity contribution >= 4 is 32.5 Å². The second-order valence-corrected chi connectivity index (χ2v) is 12.0. The highest BCUT2D eigenvalue weighted by Gasteiger charge is 2.24. The molecular formula is C50H32N2O. The van der Waals surface area contributed by atoms with Crippen molar-refractivity contribution in [2.75, 3.05) is 0 Å². The van der Waals surface area contributed by atoms with Gasteiger partial charge in [0.25, 0.3) is 0 Å². The molecule has 0 amide bonds. The largest absolute Gasteiger partial charge is 0.455 e. The molecule has 0 aliphatic rings. The highest BCUT2D eigenvalue weighted by atomic mass is 16.3. The van der Waals surface area contributed by atoms with E-state index < -0.39 is 153 Å². The van der Waals surface area contributed by atoms with E-state index in [4.69, 9.17) is 23.6 Å². The van der Waals surface area contributed by atoms with Crippen LogP contribution in [0.15, 0.2) is 198 Å². The van der Waals surface area contributed by atoms with Gasteiger partial charge >= 0.3 is 0 Å². The average Bonchev–Trinajstić information content (AvgIpc) is 3.75. The molecule has 0 bridgehead atoms. The minimum atomic E-state index is -0.831. The van der Waals surface area contributed by atoms with Gasteiger partial charge in [-0.1, -0.05) is 127 Å². The van der Waals surface area contributed by atoms with E-state index in [1.54, 1.807) is 42.7 Å². The maximum atomic E-state index is 9.62. The molecule has 0 atom stereocenters. The first-order valence-electron chi connectivity index (χ1n) is 25.4. The van der Waals surface area contributed by atoms with Crippen molar-refractivity contribution in [1.82, 2.24) is 9.97 Å². The van der Waals surface area contributed by atoms with Crippen molar-refractivity contribution in [1.29, 1.82) is 0 Å². The second kappa shape index (κ2) is 12.9. The molecule has 3 heteroatoms. The molecule has 0 spiro atoms. The summed E-state index contributed by atoms with van der Waals surface area (Å²) in [6.07, 6.45) is 3.29. The Balaban J connectivity index is 1.47. The fraction of sp³-hybridized carbons (Fsp3) is 0. The molecule has 0 unspecified atom stereocenters. The van der Waals surface area contributed by atoms with Crippen molar-refractivity contribution in [3.05, 3.63) is 194 Å². The van der Waals surface area contributed by atoms with E-state index in [-0.39, 0.29) is 22.1 Å². The van der Waals surface area contributed by atoms with Crippen LogP contribution in [0.4, 0.5) is 0 Å². The molecule has 0 saturated heterocycles. The van der Waals surface area contributed by atoms with E-state index in [2.05, 4.69) is 9.97 Å². The van der Waals surface area contributed by atoms with Crippen molar-refractivity contribution in [3.63, 3.8) is 0 Å². The summed E-state index contributed by atoms with van der Waals surface area (Å²) in [6, 6.07) is 7.19. The fourth-order valence-electron chi connectivity index (χ4n) is 6.72. The van der Waals surface area contributed by atoms with Crippen LogP contribution in [0.1, 0.15) is 24.7 Å². The second-order valence-electron chi connectivity index (χ2n) is 12.0. The Hall–Kier alpha value is -7.10. The maximum absolute atomic E-state index is 9.62. The summed E-state index contributed by atoms with van der Waals surface area (Å²) in [7, 11) is 0. The van der Waals surface area contributed by atoms with Gasteiger partial charge in [0, 0.05) is 45.6 Å². The molecule has 10 rings (SSSR count). The van der Waals surface area contributed by atoms with E-state index in [9.17, 15) is 5.48 Å². The maximum Gasteiger partial charge on any atom is 0.143 e. The fourth-order valence-corrected chi connectivity index (χ4v) is 6.72. The minimum absolute atomic E-state index is 0.0223. The molecular weight excluding hydrogens is 645 g/mol. The quantitative estimate of drug-likeness (QED) is 0.163. The molecule has 0 radical (unpaired) electrons. The molecule has 3 heterocycles. The van der Waals surface area contributed by atoms with Crippen molar-refractivity contribution < 1.29 is 29.1 Å². The molecule has 0 saturated carbocycles. The zero-order chi connectivity index (χ0) is 50.8. The molecule has 0 fully saturated rings.